The first-order chi connectivity index (χ1) is 10.5. The highest BCUT2D eigenvalue weighted by molar-refractivity contribution is 5.32. The Morgan fingerprint density at radius 2 is 1.27 bits per heavy atom. The molecule has 0 spiro atoms. The summed E-state index contributed by atoms with van der Waals surface area (Å²) in [7, 11) is 4.34. The number of hydrogen-bond acceptors (Lipinski definition) is 1. The van der Waals surface area contributed by atoms with Crippen molar-refractivity contribution < 1.29 is 0 Å². The van der Waals surface area contributed by atoms with Gasteiger partial charge in [0.15, 0.2) is 0 Å². The fourth-order valence-corrected chi connectivity index (χ4v) is 2.86. The molecule has 1 heteroatoms. The van der Waals surface area contributed by atoms with E-state index in [1.54, 1.807) is 0 Å². The Balaban J connectivity index is 2.10. The SMILES string of the molecule is CN(C)C(C)(C)CCCC(c1ccccc1)c1ccccc1. The lowest BCUT2D eigenvalue weighted by molar-refractivity contribution is 0.177. The smallest absolute Gasteiger partial charge is 0.0147 e. The minimum Gasteiger partial charge on any atom is -0.304 e. The number of hydrogen-bond donors (Lipinski definition) is 0. The zero-order valence-electron chi connectivity index (χ0n) is 14.4. The maximum atomic E-state index is 2.33. The van der Waals surface area contributed by atoms with Crippen molar-refractivity contribution in [1.29, 1.82) is 0 Å². The first-order valence-electron chi connectivity index (χ1n) is 8.28. The molecule has 0 N–H and O–H groups in total. The number of nitrogens with zero attached hydrogens (tertiary/aromatic N) is 1. The van der Waals surface area contributed by atoms with Gasteiger partial charge in [-0.2, -0.15) is 0 Å². The molecular formula is C21H29N. The molecule has 2 rings (SSSR count). The van der Waals surface area contributed by atoms with Crippen LogP contribution >= 0.6 is 0 Å². The van der Waals surface area contributed by atoms with E-state index in [2.05, 4.69) is 93.5 Å². The van der Waals surface area contributed by atoms with Crippen LogP contribution in [0.1, 0.15) is 50.2 Å². The van der Waals surface area contributed by atoms with E-state index in [0.29, 0.717) is 5.92 Å². The third kappa shape index (κ3) is 4.45. The lowest BCUT2D eigenvalue weighted by atomic mass is 9.85. The van der Waals surface area contributed by atoms with E-state index in [9.17, 15) is 0 Å². The van der Waals surface area contributed by atoms with Crippen LogP contribution in [0.15, 0.2) is 60.7 Å². The maximum absolute atomic E-state index is 2.33. The molecule has 0 heterocycles. The fraction of sp³-hybridized carbons (Fsp3) is 0.429. The van der Waals surface area contributed by atoms with Crippen molar-refractivity contribution in [2.24, 2.45) is 0 Å². The van der Waals surface area contributed by atoms with E-state index in [1.807, 2.05) is 0 Å². The highest BCUT2D eigenvalue weighted by atomic mass is 15.1. The molecule has 118 valence electrons. The van der Waals surface area contributed by atoms with Crippen LogP contribution in [-0.4, -0.2) is 24.5 Å². The zero-order chi connectivity index (χ0) is 16.0. The van der Waals surface area contributed by atoms with Crippen molar-refractivity contribution in [2.45, 2.75) is 44.6 Å². The van der Waals surface area contributed by atoms with Gasteiger partial charge in [-0.05, 0) is 51.9 Å². The Bertz CT molecular complexity index is 503. The second-order valence-electron chi connectivity index (χ2n) is 6.97. The van der Waals surface area contributed by atoms with Gasteiger partial charge in [0.2, 0.25) is 0 Å². The van der Waals surface area contributed by atoms with Gasteiger partial charge in [0.25, 0.3) is 0 Å². The molecule has 0 amide bonds. The topological polar surface area (TPSA) is 3.24 Å². The summed E-state index contributed by atoms with van der Waals surface area (Å²) in [6, 6.07) is 21.8. The van der Waals surface area contributed by atoms with Gasteiger partial charge in [0.05, 0.1) is 0 Å². The average molecular weight is 295 g/mol. The lowest BCUT2D eigenvalue weighted by Crippen LogP contribution is -2.37. The predicted octanol–water partition coefficient (Wildman–Crippen LogP) is 5.33. The van der Waals surface area contributed by atoms with Gasteiger partial charge in [-0.15, -0.1) is 0 Å². The predicted molar refractivity (Wildman–Crippen MR) is 96.3 cm³/mol. The van der Waals surface area contributed by atoms with Crippen LogP contribution in [0.5, 0.6) is 0 Å². The second-order valence-corrected chi connectivity index (χ2v) is 6.97. The minimum atomic E-state index is 0.262. The molecule has 0 bridgehead atoms. The van der Waals surface area contributed by atoms with Crippen molar-refractivity contribution >= 4 is 0 Å². The molecule has 0 radical (unpaired) electrons. The Labute approximate surface area is 136 Å². The Hall–Kier alpha value is -1.60. The molecule has 0 aliphatic rings. The third-order valence-electron chi connectivity index (χ3n) is 4.90. The average Bonchev–Trinajstić information content (AvgIpc) is 2.53. The van der Waals surface area contributed by atoms with Crippen LogP contribution in [0, 0.1) is 0 Å². The van der Waals surface area contributed by atoms with Gasteiger partial charge in [-0.25, -0.2) is 0 Å². The van der Waals surface area contributed by atoms with Crippen LogP contribution in [0.2, 0.25) is 0 Å². The molecule has 0 aliphatic carbocycles. The zero-order valence-corrected chi connectivity index (χ0v) is 14.4. The van der Waals surface area contributed by atoms with Crippen LogP contribution in [0.4, 0.5) is 0 Å². The van der Waals surface area contributed by atoms with Crippen molar-refractivity contribution in [2.75, 3.05) is 14.1 Å². The lowest BCUT2D eigenvalue weighted by Gasteiger charge is -2.33. The van der Waals surface area contributed by atoms with Gasteiger partial charge in [-0.3, -0.25) is 0 Å². The van der Waals surface area contributed by atoms with Crippen LogP contribution in [0.25, 0.3) is 0 Å². The van der Waals surface area contributed by atoms with Gasteiger partial charge < -0.3 is 4.90 Å². The summed E-state index contributed by atoms with van der Waals surface area (Å²) in [5, 5.41) is 0. The summed E-state index contributed by atoms with van der Waals surface area (Å²) in [6.45, 7) is 4.65. The standard InChI is InChI=1S/C21H29N/c1-21(2,22(3)4)17-11-16-20(18-12-7-5-8-13-18)19-14-9-6-10-15-19/h5-10,12-15,20H,11,16-17H2,1-4H3. The van der Waals surface area contributed by atoms with Gasteiger partial charge in [0, 0.05) is 11.5 Å². The third-order valence-corrected chi connectivity index (χ3v) is 4.90. The van der Waals surface area contributed by atoms with E-state index in [1.165, 1.54) is 30.4 Å². The number of benzene rings is 2. The van der Waals surface area contributed by atoms with E-state index in [0.717, 1.165) is 0 Å². The summed E-state index contributed by atoms with van der Waals surface area (Å²) in [6.07, 6.45) is 3.65. The Morgan fingerprint density at radius 3 is 1.68 bits per heavy atom. The summed E-state index contributed by atoms with van der Waals surface area (Å²) in [5.74, 6) is 0.500. The molecule has 2 aromatic carbocycles. The second kappa shape index (κ2) is 7.60. The summed E-state index contributed by atoms with van der Waals surface area (Å²) < 4.78 is 0. The van der Waals surface area contributed by atoms with E-state index in [-0.39, 0.29) is 5.54 Å². The quantitative estimate of drug-likeness (QED) is 0.667. The molecule has 22 heavy (non-hydrogen) atoms. The Kier molecular flexibility index (Phi) is 5.79. The van der Waals surface area contributed by atoms with Crippen molar-refractivity contribution in [3.05, 3.63) is 71.8 Å². The molecular weight excluding hydrogens is 266 g/mol. The fourth-order valence-electron chi connectivity index (χ4n) is 2.86. The molecule has 2 aromatic rings. The Morgan fingerprint density at radius 1 is 0.818 bits per heavy atom. The monoisotopic (exact) mass is 295 g/mol. The molecule has 0 fully saturated rings. The van der Waals surface area contributed by atoms with Crippen molar-refractivity contribution in [3.63, 3.8) is 0 Å². The van der Waals surface area contributed by atoms with Gasteiger partial charge >= 0.3 is 0 Å². The van der Waals surface area contributed by atoms with Crippen molar-refractivity contribution in [3.8, 4) is 0 Å². The molecule has 1 nitrogen and oxygen atoms in total. The molecule has 0 saturated heterocycles. The first-order valence-corrected chi connectivity index (χ1v) is 8.28. The van der Waals surface area contributed by atoms with E-state index >= 15 is 0 Å². The summed E-state index contributed by atoms with van der Waals surface area (Å²) >= 11 is 0. The van der Waals surface area contributed by atoms with Crippen LogP contribution in [0.3, 0.4) is 0 Å². The maximum Gasteiger partial charge on any atom is 0.0147 e. The highest BCUT2D eigenvalue weighted by Crippen LogP contribution is 2.31. The molecule has 0 aliphatic heterocycles. The van der Waals surface area contributed by atoms with Crippen LogP contribution in [-0.2, 0) is 0 Å². The molecule has 0 aromatic heterocycles. The largest absolute Gasteiger partial charge is 0.304 e. The molecule has 0 atom stereocenters. The van der Waals surface area contributed by atoms with E-state index < -0.39 is 0 Å². The first kappa shape index (κ1) is 16.8. The van der Waals surface area contributed by atoms with Crippen LogP contribution < -0.4 is 0 Å². The van der Waals surface area contributed by atoms with Gasteiger partial charge in [0.1, 0.15) is 0 Å². The minimum absolute atomic E-state index is 0.262. The highest BCUT2D eigenvalue weighted by Gasteiger charge is 2.21. The summed E-state index contributed by atoms with van der Waals surface area (Å²) in [5.41, 5.74) is 3.12. The normalized spacial score (nSPS) is 12.1. The van der Waals surface area contributed by atoms with Crippen molar-refractivity contribution in [1.82, 2.24) is 4.90 Å². The summed E-state index contributed by atoms with van der Waals surface area (Å²) in [4.78, 5) is 2.33. The number of rotatable bonds is 7. The van der Waals surface area contributed by atoms with E-state index in [4.69, 9.17) is 0 Å². The van der Waals surface area contributed by atoms with Gasteiger partial charge in [-0.1, -0.05) is 67.1 Å². The molecule has 0 saturated carbocycles. The molecule has 0 unspecified atom stereocenters.